The van der Waals surface area contributed by atoms with Crippen LogP contribution >= 0.6 is 0 Å². The number of hydrogen-bond acceptors (Lipinski definition) is 8. The molecule has 1 saturated heterocycles. The number of nitrogens with zero attached hydrogens (tertiary/aromatic N) is 6. The van der Waals surface area contributed by atoms with Gasteiger partial charge in [0.1, 0.15) is 5.82 Å². The molecule has 40 heavy (non-hydrogen) atoms. The molecule has 0 bridgehead atoms. The lowest BCUT2D eigenvalue weighted by Gasteiger charge is -2.29. The number of morpholine rings is 1. The van der Waals surface area contributed by atoms with Crippen molar-refractivity contribution in [2.24, 2.45) is 4.99 Å². The molecule has 9 nitrogen and oxygen atoms in total. The van der Waals surface area contributed by atoms with Gasteiger partial charge in [-0.05, 0) is 24.6 Å². The second-order valence-electron chi connectivity index (χ2n) is 9.91. The monoisotopic (exact) mass is 542 g/mol. The van der Waals surface area contributed by atoms with Crippen LogP contribution in [0.25, 0.3) is 16.9 Å². The SMILES string of the molecule is COCCN(CCOC)c1ccc(-c2cc3nc(CN=Cc4cccc(C)c4)cc(N4CCOCC4)n3n2)cc1. The van der Waals surface area contributed by atoms with Crippen molar-refractivity contribution < 1.29 is 14.2 Å². The molecule has 5 rings (SSSR count). The highest BCUT2D eigenvalue weighted by atomic mass is 16.5. The van der Waals surface area contributed by atoms with Gasteiger partial charge in [-0.3, -0.25) is 4.99 Å². The van der Waals surface area contributed by atoms with Gasteiger partial charge in [0, 0.05) is 70.0 Å². The first-order valence-electron chi connectivity index (χ1n) is 13.8. The fourth-order valence-electron chi connectivity index (χ4n) is 4.86. The second-order valence-corrected chi connectivity index (χ2v) is 9.91. The number of aromatic nitrogens is 3. The van der Waals surface area contributed by atoms with Crippen molar-refractivity contribution in [1.82, 2.24) is 14.6 Å². The first kappa shape index (κ1) is 27.8. The standard InChI is InChI=1S/C31H38N6O3/c1-24-5-4-6-25(19-24)22-32-23-27-20-31(36-13-17-40-18-14-36)37-30(33-27)21-29(34-37)26-7-9-28(10-8-26)35(11-15-38-2)12-16-39-3/h4-10,19-22H,11-18,23H2,1-3H3. The van der Waals surface area contributed by atoms with Crippen molar-refractivity contribution in [3.8, 4) is 11.3 Å². The molecule has 1 fully saturated rings. The summed E-state index contributed by atoms with van der Waals surface area (Å²) in [6.07, 6.45) is 1.92. The zero-order chi connectivity index (χ0) is 27.7. The predicted molar refractivity (Wildman–Crippen MR) is 160 cm³/mol. The lowest BCUT2D eigenvalue weighted by Crippen LogP contribution is -2.37. The summed E-state index contributed by atoms with van der Waals surface area (Å²) in [5.41, 5.74) is 7.08. The number of methoxy groups -OCH3 is 2. The third kappa shape index (κ3) is 6.85. The average molecular weight is 543 g/mol. The van der Waals surface area contributed by atoms with Gasteiger partial charge >= 0.3 is 0 Å². The Labute approximate surface area is 236 Å². The smallest absolute Gasteiger partial charge is 0.158 e. The Bertz CT molecular complexity index is 1400. The third-order valence-electron chi connectivity index (χ3n) is 6.99. The molecule has 0 N–H and O–H groups in total. The van der Waals surface area contributed by atoms with Crippen LogP contribution in [0.2, 0.25) is 0 Å². The summed E-state index contributed by atoms with van der Waals surface area (Å²) in [4.78, 5) is 14.2. The van der Waals surface area contributed by atoms with Gasteiger partial charge in [-0.25, -0.2) is 4.98 Å². The number of hydrogen-bond donors (Lipinski definition) is 0. The fourth-order valence-corrected chi connectivity index (χ4v) is 4.86. The topological polar surface area (TPSA) is 76.7 Å². The summed E-state index contributed by atoms with van der Waals surface area (Å²) in [7, 11) is 3.45. The van der Waals surface area contributed by atoms with Crippen LogP contribution in [0.1, 0.15) is 16.8 Å². The van der Waals surface area contributed by atoms with Crippen molar-refractivity contribution in [3.05, 3.63) is 77.5 Å². The first-order chi connectivity index (χ1) is 19.6. The molecule has 2 aromatic heterocycles. The quantitative estimate of drug-likeness (QED) is 0.248. The van der Waals surface area contributed by atoms with Gasteiger partial charge in [-0.1, -0.05) is 42.0 Å². The van der Waals surface area contributed by atoms with Crippen molar-refractivity contribution in [1.29, 1.82) is 0 Å². The van der Waals surface area contributed by atoms with Crippen molar-refractivity contribution >= 4 is 23.4 Å². The van der Waals surface area contributed by atoms with E-state index in [1.807, 2.05) is 10.7 Å². The van der Waals surface area contributed by atoms with Crippen LogP contribution in [0, 0.1) is 6.92 Å². The molecule has 1 aliphatic heterocycles. The molecule has 0 radical (unpaired) electrons. The minimum Gasteiger partial charge on any atom is -0.383 e. The van der Waals surface area contributed by atoms with Gasteiger partial charge < -0.3 is 24.0 Å². The maximum atomic E-state index is 5.61. The number of anilines is 2. The molecule has 4 aromatic rings. The van der Waals surface area contributed by atoms with E-state index in [9.17, 15) is 0 Å². The molecule has 0 amide bonds. The van der Waals surface area contributed by atoms with Crippen LogP contribution in [0.5, 0.6) is 0 Å². The van der Waals surface area contributed by atoms with Crippen LogP contribution < -0.4 is 9.80 Å². The summed E-state index contributed by atoms with van der Waals surface area (Å²) < 4.78 is 18.2. The summed E-state index contributed by atoms with van der Waals surface area (Å²) >= 11 is 0. The molecule has 0 unspecified atom stereocenters. The molecule has 9 heteroatoms. The van der Waals surface area contributed by atoms with E-state index in [1.165, 1.54) is 5.56 Å². The van der Waals surface area contributed by atoms with Crippen LogP contribution in [0.15, 0.2) is 65.7 Å². The zero-order valence-corrected chi connectivity index (χ0v) is 23.6. The largest absolute Gasteiger partial charge is 0.383 e. The van der Waals surface area contributed by atoms with Crippen LogP contribution in [0.3, 0.4) is 0 Å². The van der Waals surface area contributed by atoms with E-state index in [2.05, 4.69) is 77.4 Å². The van der Waals surface area contributed by atoms with Gasteiger partial charge in [-0.2, -0.15) is 9.61 Å². The Kier molecular flexibility index (Phi) is 9.38. The number of benzene rings is 2. The molecule has 3 heterocycles. The summed E-state index contributed by atoms with van der Waals surface area (Å²) in [6, 6.07) is 21.0. The molecule has 1 aliphatic rings. The summed E-state index contributed by atoms with van der Waals surface area (Å²) in [5.74, 6) is 1.02. The fraction of sp³-hybridized carbons (Fsp3) is 0.387. The van der Waals surface area contributed by atoms with Gasteiger partial charge in [0.15, 0.2) is 5.65 Å². The van der Waals surface area contributed by atoms with Crippen LogP contribution in [0.4, 0.5) is 11.5 Å². The number of aliphatic imine (C=N–C) groups is 1. The van der Waals surface area contributed by atoms with E-state index in [-0.39, 0.29) is 0 Å². The molecule has 0 aliphatic carbocycles. The maximum Gasteiger partial charge on any atom is 0.158 e. The summed E-state index contributed by atoms with van der Waals surface area (Å²) in [6.45, 7) is 8.52. The Morgan fingerprint density at radius 1 is 0.975 bits per heavy atom. The lowest BCUT2D eigenvalue weighted by atomic mass is 10.1. The van der Waals surface area contributed by atoms with E-state index in [0.29, 0.717) is 33.0 Å². The Balaban J connectivity index is 1.42. The van der Waals surface area contributed by atoms with E-state index in [1.54, 1.807) is 14.2 Å². The molecule has 0 atom stereocenters. The highest BCUT2D eigenvalue weighted by molar-refractivity contribution is 5.79. The molecule has 2 aromatic carbocycles. The molecular formula is C31H38N6O3. The third-order valence-corrected chi connectivity index (χ3v) is 6.99. The van der Waals surface area contributed by atoms with Crippen molar-refractivity contribution in [2.45, 2.75) is 13.5 Å². The van der Waals surface area contributed by atoms with E-state index >= 15 is 0 Å². The predicted octanol–water partition coefficient (Wildman–Crippen LogP) is 4.26. The summed E-state index contributed by atoms with van der Waals surface area (Å²) in [5, 5.41) is 4.99. The van der Waals surface area contributed by atoms with Crippen LogP contribution in [-0.2, 0) is 20.8 Å². The van der Waals surface area contributed by atoms with E-state index in [4.69, 9.17) is 29.3 Å². The number of aryl methyl sites for hydroxylation is 1. The van der Waals surface area contributed by atoms with E-state index in [0.717, 1.165) is 65.8 Å². The maximum absolute atomic E-state index is 5.61. The Morgan fingerprint density at radius 3 is 2.42 bits per heavy atom. The highest BCUT2D eigenvalue weighted by Crippen LogP contribution is 2.26. The van der Waals surface area contributed by atoms with Gasteiger partial charge in [-0.15, -0.1) is 0 Å². The minimum atomic E-state index is 0.496. The van der Waals surface area contributed by atoms with Crippen molar-refractivity contribution in [2.75, 3.05) is 76.6 Å². The normalized spacial score (nSPS) is 13.9. The molecular weight excluding hydrogens is 504 g/mol. The Morgan fingerprint density at radius 2 is 1.73 bits per heavy atom. The van der Waals surface area contributed by atoms with Gasteiger partial charge in [0.05, 0.1) is 44.4 Å². The average Bonchev–Trinajstić information content (AvgIpc) is 3.42. The van der Waals surface area contributed by atoms with Crippen LogP contribution in [-0.4, -0.2) is 87.6 Å². The molecule has 0 saturated carbocycles. The van der Waals surface area contributed by atoms with Gasteiger partial charge in [0.2, 0.25) is 0 Å². The second kappa shape index (κ2) is 13.5. The zero-order valence-electron chi connectivity index (χ0n) is 23.6. The van der Waals surface area contributed by atoms with Crippen molar-refractivity contribution in [3.63, 3.8) is 0 Å². The highest BCUT2D eigenvalue weighted by Gasteiger charge is 2.18. The first-order valence-corrected chi connectivity index (χ1v) is 13.8. The number of fused-ring (bicyclic) bond motifs is 1. The number of ether oxygens (including phenoxy) is 3. The molecule has 0 spiro atoms. The Hall–Kier alpha value is -3.79. The number of rotatable bonds is 12. The van der Waals surface area contributed by atoms with E-state index < -0.39 is 0 Å². The van der Waals surface area contributed by atoms with Gasteiger partial charge in [0.25, 0.3) is 0 Å². The molecule has 210 valence electrons. The minimum absolute atomic E-state index is 0.496. The lowest BCUT2D eigenvalue weighted by molar-refractivity contribution is 0.122.